The number of likely N-dealkylation sites (tertiary alicyclic amines) is 1. The molecule has 1 aliphatic heterocycles. The number of carbonyl (C=O) groups excluding carboxylic acids is 2. The van der Waals surface area contributed by atoms with Crippen LogP contribution in [-0.2, 0) is 0 Å². The van der Waals surface area contributed by atoms with Gasteiger partial charge in [-0.15, -0.1) is 0 Å². The zero-order valence-electron chi connectivity index (χ0n) is 14.9. The molecule has 0 radical (unpaired) electrons. The molecule has 1 heterocycles. The maximum atomic E-state index is 13.1. The monoisotopic (exact) mass is 355 g/mol. The van der Waals surface area contributed by atoms with E-state index in [0.717, 1.165) is 12.8 Å². The molecule has 0 unspecified atom stereocenters. The Balaban J connectivity index is 1.77. The van der Waals surface area contributed by atoms with E-state index in [0.29, 0.717) is 23.4 Å². The van der Waals surface area contributed by atoms with E-state index in [-0.39, 0.29) is 29.5 Å². The van der Waals surface area contributed by atoms with Gasteiger partial charge in [-0.3, -0.25) is 9.59 Å². The van der Waals surface area contributed by atoms with Crippen molar-refractivity contribution >= 4 is 11.7 Å². The number of ketones is 1. The minimum absolute atomic E-state index is 0.0387. The first kappa shape index (κ1) is 18.1. The number of halogens is 1. The molecule has 26 heavy (non-hydrogen) atoms. The Bertz CT molecular complexity index is 786. The third-order valence-corrected chi connectivity index (χ3v) is 5.05. The van der Waals surface area contributed by atoms with Crippen LogP contribution in [-0.4, -0.2) is 36.3 Å². The van der Waals surface area contributed by atoms with E-state index in [1.165, 1.54) is 24.3 Å². The molecule has 0 bridgehead atoms. The number of hydrogen-bond donors (Lipinski definition) is 0. The van der Waals surface area contributed by atoms with Crippen molar-refractivity contribution in [2.45, 2.75) is 25.8 Å². The number of Topliss-reactive ketones (excluding diaryl/α,β-unsaturated/α-hetero) is 1. The van der Waals surface area contributed by atoms with Crippen LogP contribution in [0.25, 0.3) is 0 Å². The van der Waals surface area contributed by atoms with Crippen molar-refractivity contribution in [3.8, 4) is 5.75 Å². The van der Waals surface area contributed by atoms with Crippen LogP contribution in [0.3, 0.4) is 0 Å². The highest BCUT2D eigenvalue weighted by atomic mass is 19.1. The van der Waals surface area contributed by atoms with E-state index in [9.17, 15) is 14.0 Å². The lowest BCUT2D eigenvalue weighted by Crippen LogP contribution is -2.49. The Hall–Kier alpha value is -2.69. The van der Waals surface area contributed by atoms with Crippen LogP contribution in [0, 0.1) is 11.7 Å². The van der Waals surface area contributed by atoms with Crippen molar-refractivity contribution in [1.29, 1.82) is 0 Å². The molecule has 1 amide bonds. The Morgan fingerprint density at radius 2 is 1.65 bits per heavy atom. The Morgan fingerprint density at radius 1 is 1.04 bits per heavy atom. The average molecular weight is 355 g/mol. The molecule has 2 atom stereocenters. The number of piperidine rings is 1. The predicted octanol–water partition coefficient (Wildman–Crippen LogP) is 3.96. The van der Waals surface area contributed by atoms with Crippen LogP contribution >= 0.6 is 0 Å². The molecular formula is C21H22FNO3. The lowest BCUT2D eigenvalue weighted by molar-refractivity contribution is 0.0497. The summed E-state index contributed by atoms with van der Waals surface area (Å²) in [5.41, 5.74) is 1.06. The maximum Gasteiger partial charge on any atom is 0.254 e. The molecule has 1 fully saturated rings. The summed E-state index contributed by atoms with van der Waals surface area (Å²) in [4.78, 5) is 27.4. The number of rotatable bonds is 4. The van der Waals surface area contributed by atoms with E-state index in [1.54, 1.807) is 36.3 Å². The lowest BCUT2D eigenvalue weighted by Gasteiger charge is -2.38. The Kier molecular flexibility index (Phi) is 5.35. The van der Waals surface area contributed by atoms with Crippen LogP contribution in [0.2, 0.25) is 0 Å². The van der Waals surface area contributed by atoms with Gasteiger partial charge in [-0.05, 0) is 68.3 Å². The first-order valence-electron chi connectivity index (χ1n) is 8.76. The number of nitrogens with zero attached hydrogens (tertiary/aromatic N) is 1. The summed E-state index contributed by atoms with van der Waals surface area (Å²) in [6.45, 7) is 2.51. The average Bonchev–Trinajstić information content (AvgIpc) is 2.68. The van der Waals surface area contributed by atoms with E-state index < -0.39 is 0 Å². The highest BCUT2D eigenvalue weighted by Crippen LogP contribution is 2.28. The normalized spacial score (nSPS) is 19.9. The summed E-state index contributed by atoms with van der Waals surface area (Å²) in [5, 5.41) is 0. The fraction of sp³-hybridized carbons (Fsp3) is 0.333. The number of carbonyl (C=O) groups is 2. The number of hydrogen-bond acceptors (Lipinski definition) is 3. The summed E-state index contributed by atoms with van der Waals surface area (Å²) in [6, 6.07) is 12.4. The predicted molar refractivity (Wildman–Crippen MR) is 96.9 cm³/mol. The van der Waals surface area contributed by atoms with Crippen LogP contribution in [0.5, 0.6) is 5.75 Å². The van der Waals surface area contributed by atoms with E-state index in [4.69, 9.17) is 4.74 Å². The highest BCUT2D eigenvalue weighted by Gasteiger charge is 2.36. The first-order chi connectivity index (χ1) is 12.5. The molecule has 0 spiro atoms. The highest BCUT2D eigenvalue weighted by molar-refractivity contribution is 6.00. The van der Waals surface area contributed by atoms with Gasteiger partial charge in [-0.1, -0.05) is 0 Å². The van der Waals surface area contributed by atoms with Gasteiger partial charge in [-0.25, -0.2) is 4.39 Å². The topological polar surface area (TPSA) is 46.6 Å². The molecule has 5 heteroatoms. The van der Waals surface area contributed by atoms with Gasteiger partial charge in [0.25, 0.3) is 5.91 Å². The molecule has 136 valence electrons. The van der Waals surface area contributed by atoms with Gasteiger partial charge >= 0.3 is 0 Å². The molecule has 1 aliphatic rings. The summed E-state index contributed by atoms with van der Waals surface area (Å²) in [5.74, 6) is -0.0461. The van der Waals surface area contributed by atoms with Crippen molar-refractivity contribution in [3.05, 3.63) is 65.5 Å². The van der Waals surface area contributed by atoms with Crippen LogP contribution in [0.15, 0.2) is 48.5 Å². The van der Waals surface area contributed by atoms with Crippen molar-refractivity contribution in [3.63, 3.8) is 0 Å². The van der Waals surface area contributed by atoms with Crippen molar-refractivity contribution in [1.82, 2.24) is 4.90 Å². The minimum Gasteiger partial charge on any atom is -0.497 e. The van der Waals surface area contributed by atoms with E-state index >= 15 is 0 Å². The van der Waals surface area contributed by atoms with Gasteiger partial charge in [0.2, 0.25) is 0 Å². The van der Waals surface area contributed by atoms with Gasteiger partial charge < -0.3 is 9.64 Å². The maximum absolute atomic E-state index is 13.1. The van der Waals surface area contributed by atoms with Gasteiger partial charge in [0.05, 0.1) is 7.11 Å². The summed E-state index contributed by atoms with van der Waals surface area (Å²) in [7, 11) is 1.58. The minimum atomic E-state index is -0.374. The quantitative estimate of drug-likeness (QED) is 0.780. The summed E-state index contributed by atoms with van der Waals surface area (Å²) >= 11 is 0. The lowest BCUT2D eigenvalue weighted by atomic mass is 9.83. The van der Waals surface area contributed by atoms with Crippen LogP contribution in [0.4, 0.5) is 4.39 Å². The summed E-state index contributed by atoms with van der Waals surface area (Å²) < 4.78 is 18.2. The number of ether oxygens (including phenoxy) is 1. The molecule has 0 N–H and O–H groups in total. The smallest absolute Gasteiger partial charge is 0.254 e. The zero-order valence-corrected chi connectivity index (χ0v) is 14.9. The summed E-state index contributed by atoms with van der Waals surface area (Å²) in [6.07, 6.45) is 1.52. The Morgan fingerprint density at radius 3 is 2.27 bits per heavy atom. The molecule has 1 saturated heterocycles. The molecular weight excluding hydrogens is 333 g/mol. The van der Waals surface area contributed by atoms with Gasteiger partial charge in [-0.2, -0.15) is 0 Å². The van der Waals surface area contributed by atoms with Crippen LogP contribution < -0.4 is 4.74 Å². The molecule has 0 saturated carbocycles. The third-order valence-electron chi connectivity index (χ3n) is 5.05. The molecule has 2 aromatic rings. The van der Waals surface area contributed by atoms with E-state index in [1.807, 2.05) is 6.92 Å². The SMILES string of the molecule is COc1ccc(C(=O)[C@H]2CCCN(C(=O)c3ccc(F)cc3)[C@H]2C)cc1. The van der Waals surface area contributed by atoms with Crippen molar-refractivity contribution in [2.24, 2.45) is 5.92 Å². The Labute approximate surface area is 152 Å². The second-order valence-electron chi connectivity index (χ2n) is 6.59. The number of amides is 1. The van der Waals surface area contributed by atoms with Crippen molar-refractivity contribution < 1.29 is 18.7 Å². The molecule has 4 nitrogen and oxygen atoms in total. The zero-order chi connectivity index (χ0) is 18.7. The van der Waals surface area contributed by atoms with Gasteiger partial charge in [0.1, 0.15) is 11.6 Å². The molecule has 3 rings (SSSR count). The molecule has 2 aromatic carbocycles. The molecule has 0 aromatic heterocycles. The standard InChI is InChI=1S/C21H22FNO3/c1-14-19(20(24)15-7-11-18(26-2)12-8-15)4-3-13-23(14)21(25)16-5-9-17(22)10-6-16/h5-12,14,19H,3-4,13H2,1-2H3/t14-,19-/m0/s1. The number of benzene rings is 2. The number of methoxy groups -OCH3 is 1. The first-order valence-corrected chi connectivity index (χ1v) is 8.76. The van der Waals surface area contributed by atoms with E-state index in [2.05, 4.69) is 0 Å². The van der Waals surface area contributed by atoms with Crippen LogP contribution in [0.1, 0.15) is 40.5 Å². The second kappa shape index (κ2) is 7.68. The fourth-order valence-electron chi connectivity index (χ4n) is 3.51. The van der Waals surface area contributed by atoms with Gasteiger partial charge in [0, 0.05) is 29.6 Å². The third kappa shape index (κ3) is 3.62. The largest absolute Gasteiger partial charge is 0.497 e. The second-order valence-corrected chi connectivity index (χ2v) is 6.59. The molecule has 0 aliphatic carbocycles. The fourth-order valence-corrected chi connectivity index (χ4v) is 3.51. The van der Waals surface area contributed by atoms with Gasteiger partial charge in [0.15, 0.2) is 5.78 Å². The van der Waals surface area contributed by atoms with Crippen molar-refractivity contribution in [2.75, 3.05) is 13.7 Å².